The molecule has 1 fully saturated rings. The zero-order valence-electron chi connectivity index (χ0n) is 11.1. The lowest BCUT2D eigenvalue weighted by Crippen LogP contribution is -2.41. The Labute approximate surface area is 108 Å². The van der Waals surface area contributed by atoms with Crippen LogP contribution < -0.4 is 4.74 Å². The molecule has 1 aromatic carbocycles. The number of esters is 1. The monoisotopic (exact) mass is 248 g/mol. The Hall–Kier alpha value is -1.51. The summed E-state index contributed by atoms with van der Waals surface area (Å²) in [6.07, 6.45) is 3.78. The Kier molecular flexibility index (Phi) is 3.90. The molecule has 0 unspecified atom stereocenters. The van der Waals surface area contributed by atoms with E-state index < -0.39 is 0 Å². The minimum atomic E-state index is -0.273. The van der Waals surface area contributed by atoms with E-state index in [0.717, 1.165) is 31.4 Å². The molecular weight excluding hydrogens is 228 g/mol. The van der Waals surface area contributed by atoms with Crippen molar-refractivity contribution in [3.05, 3.63) is 29.8 Å². The summed E-state index contributed by atoms with van der Waals surface area (Å²) in [4.78, 5) is 12.0. The van der Waals surface area contributed by atoms with Crippen molar-refractivity contribution >= 4 is 5.97 Å². The molecule has 0 aliphatic heterocycles. The van der Waals surface area contributed by atoms with Gasteiger partial charge in [0.1, 0.15) is 5.75 Å². The van der Waals surface area contributed by atoms with Crippen LogP contribution in [0.25, 0.3) is 0 Å². The third kappa shape index (κ3) is 2.50. The van der Waals surface area contributed by atoms with Gasteiger partial charge in [0.05, 0.1) is 19.1 Å². The van der Waals surface area contributed by atoms with Crippen LogP contribution in [-0.2, 0) is 16.0 Å². The van der Waals surface area contributed by atoms with Crippen LogP contribution in [0.4, 0.5) is 0 Å². The molecule has 18 heavy (non-hydrogen) atoms. The number of benzene rings is 1. The Balaban J connectivity index is 2.07. The lowest BCUT2D eigenvalue weighted by molar-refractivity contribution is -0.161. The molecule has 1 saturated carbocycles. The van der Waals surface area contributed by atoms with Crippen LogP contribution in [0.15, 0.2) is 24.3 Å². The lowest BCUT2D eigenvalue weighted by Gasteiger charge is -2.39. The van der Waals surface area contributed by atoms with Crippen LogP contribution in [0.5, 0.6) is 5.75 Å². The molecule has 0 aromatic heterocycles. The first-order valence-corrected chi connectivity index (χ1v) is 6.50. The topological polar surface area (TPSA) is 35.5 Å². The van der Waals surface area contributed by atoms with Crippen LogP contribution in [0.1, 0.15) is 31.7 Å². The molecule has 0 radical (unpaired) electrons. The molecular formula is C15H20O3. The van der Waals surface area contributed by atoms with Crippen molar-refractivity contribution in [2.24, 2.45) is 5.41 Å². The Morgan fingerprint density at radius 3 is 2.39 bits per heavy atom. The average molecular weight is 248 g/mol. The molecule has 0 amide bonds. The first-order valence-electron chi connectivity index (χ1n) is 6.50. The third-order valence-electron chi connectivity index (χ3n) is 3.72. The van der Waals surface area contributed by atoms with E-state index in [-0.39, 0.29) is 11.4 Å². The normalized spacial score (nSPS) is 16.8. The van der Waals surface area contributed by atoms with Crippen LogP contribution in [0, 0.1) is 5.41 Å². The van der Waals surface area contributed by atoms with E-state index in [1.54, 1.807) is 7.11 Å². The number of hydrogen-bond donors (Lipinski definition) is 0. The summed E-state index contributed by atoms with van der Waals surface area (Å²) >= 11 is 0. The van der Waals surface area contributed by atoms with Crippen molar-refractivity contribution in [3.63, 3.8) is 0 Å². The molecule has 0 atom stereocenters. The first kappa shape index (κ1) is 12.9. The van der Waals surface area contributed by atoms with E-state index in [0.29, 0.717) is 6.61 Å². The predicted molar refractivity (Wildman–Crippen MR) is 69.6 cm³/mol. The van der Waals surface area contributed by atoms with Gasteiger partial charge in [-0.25, -0.2) is 0 Å². The Morgan fingerprint density at radius 1 is 1.28 bits per heavy atom. The predicted octanol–water partition coefficient (Wildman–Crippen LogP) is 2.97. The van der Waals surface area contributed by atoms with Gasteiger partial charge in [-0.2, -0.15) is 0 Å². The summed E-state index contributed by atoms with van der Waals surface area (Å²) in [6, 6.07) is 7.93. The van der Waals surface area contributed by atoms with Gasteiger partial charge >= 0.3 is 5.97 Å². The number of hydrogen-bond acceptors (Lipinski definition) is 3. The van der Waals surface area contributed by atoms with Gasteiger partial charge < -0.3 is 9.47 Å². The van der Waals surface area contributed by atoms with Gasteiger partial charge in [0.15, 0.2) is 0 Å². The summed E-state index contributed by atoms with van der Waals surface area (Å²) < 4.78 is 10.3. The summed E-state index contributed by atoms with van der Waals surface area (Å²) in [7, 11) is 1.65. The molecule has 0 heterocycles. The van der Waals surface area contributed by atoms with Crippen molar-refractivity contribution in [3.8, 4) is 5.75 Å². The second-order valence-corrected chi connectivity index (χ2v) is 4.88. The zero-order chi connectivity index (χ0) is 13.0. The Bertz CT molecular complexity index is 404. The highest BCUT2D eigenvalue weighted by molar-refractivity contribution is 5.78. The number of rotatable bonds is 5. The quantitative estimate of drug-likeness (QED) is 0.751. The second kappa shape index (κ2) is 5.42. The minimum Gasteiger partial charge on any atom is -0.497 e. The molecule has 0 bridgehead atoms. The van der Waals surface area contributed by atoms with Crippen LogP contribution in [-0.4, -0.2) is 19.7 Å². The minimum absolute atomic E-state index is 0.0351. The number of carbonyl (C=O) groups is 1. The molecule has 3 nitrogen and oxygen atoms in total. The third-order valence-corrected chi connectivity index (χ3v) is 3.72. The van der Waals surface area contributed by atoms with E-state index in [1.807, 2.05) is 31.2 Å². The molecule has 1 aliphatic carbocycles. The standard InChI is InChI=1S/C15H20O3/c1-3-18-14(16)15(9-4-10-15)11-12-5-7-13(17-2)8-6-12/h5-8H,3-4,9-11H2,1-2H3. The number of carbonyl (C=O) groups excluding carboxylic acids is 1. The van der Waals surface area contributed by atoms with E-state index >= 15 is 0 Å². The average Bonchev–Trinajstić information content (AvgIpc) is 2.35. The van der Waals surface area contributed by atoms with Gasteiger partial charge in [-0.05, 0) is 43.9 Å². The number of methoxy groups -OCH3 is 1. The zero-order valence-corrected chi connectivity index (χ0v) is 11.1. The fourth-order valence-corrected chi connectivity index (χ4v) is 2.47. The second-order valence-electron chi connectivity index (χ2n) is 4.88. The van der Waals surface area contributed by atoms with E-state index in [9.17, 15) is 4.79 Å². The highest BCUT2D eigenvalue weighted by Crippen LogP contribution is 2.44. The van der Waals surface area contributed by atoms with Crippen LogP contribution in [0.2, 0.25) is 0 Å². The van der Waals surface area contributed by atoms with Gasteiger partial charge in [0.25, 0.3) is 0 Å². The summed E-state index contributed by atoms with van der Waals surface area (Å²) in [6.45, 7) is 2.32. The van der Waals surface area contributed by atoms with Gasteiger partial charge in [-0.15, -0.1) is 0 Å². The van der Waals surface area contributed by atoms with Crippen molar-refractivity contribution in [1.29, 1.82) is 0 Å². The molecule has 0 N–H and O–H groups in total. The SMILES string of the molecule is CCOC(=O)C1(Cc2ccc(OC)cc2)CCC1. The smallest absolute Gasteiger partial charge is 0.312 e. The van der Waals surface area contributed by atoms with Gasteiger partial charge in [0, 0.05) is 0 Å². The van der Waals surface area contributed by atoms with E-state index in [1.165, 1.54) is 5.56 Å². The maximum absolute atomic E-state index is 12.0. The van der Waals surface area contributed by atoms with Crippen LogP contribution >= 0.6 is 0 Å². The highest BCUT2D eigenvalue weighted by Gasteiger charge is 2.45. The Morgan fingerprint density at radius 2 is 1.94 bits per heavy atom. The van der Waals surface area contributed by atoms with Crippen molar-refractivity contribution in [1.82, 2.24) is 0 Å². The maximum atomic E-state index is 12.0. The van der Waals surface area contributed by atoms with Crippen molar-refractivity contribution < 1.29 is 14.3 Å². The summed E-state index contributed by atoms with van der Waals surface area (Å²) in [5, 5.41) is 0. The van der Waals surface area contributed by atoms with Gasteiger partial charge in [-0.3, -0.25) is 4.79 Å². The fourth-order valence-electron chi connectivity index (χ4n) is 2.47. The summed E-state index contributed by atoms with van der Waals surface area (Å²) in [5.41, 5.74) is 0.897. The maximum Gasteiger partial charge on any atom is 0.312 e. The lowest BCUT2D eigenvalue weighted by atomic mass is 9.65. The first-order chi connectivity index (χ1) is 8.70. The highest BCUT2D eigenvalue weighted by atomic mass is 16.5. The fraction of sp³-hybridized carbons (Fsp3) is 0.533. The molecule has 0 saturated heterocycles. The molecule has 1 aliphatic rings. The van der Waals surface area contributed by atoms with E-state index in [2.05, 4.69) is 0 Å². The molecule has 3 heteroatoms. The molecule has 2 rings (SSSR count). The van der Waals surface area contributed by atoms with Gasteiger partial charge in [-0.1, -0.05) is 18.6 Å². The molecule has 98 valence electrons. The van der Waals surface area contributed by atoms with E-state index in [4.69, 9.17) is 9.47 Å². The van der Waals surface area contributed by atoms with Crippen molar-refractivity contribution in [2.45, 2.75) is 32.6 Å². The van der Waals surface area contributed by atoms with Crippen molar-refractivity contribution in [2.75, 3.05) is 13.7 Å². The molecule has 1 aromatic rings. The molecule has 0 spiro atoms. The van der Waals surface area contributed by atoms with Crippen LogP contribution in [0.3, 0.4) is 0 Å². The largest absolute Gasteiger partial charge is 0.497 e. The van der Waals surface area contributed by atoms with Gasteiger partial charge in [0.2, 0.25) is 0 Å². The number of ether oxygens (including phenoxy) is 2. The summed E-state index contributed by atoms with van der Waals surface area (Å²) in [5.74, 6) is 0.810.